The number of likely N-dealkylation sites (N-methyl/N-ethyl adjacent to an activating group) is 1. The Kier molecular flexibility index (Phi) is 6.46. The molecule has 0 spiro atoms. The smallest absolute Gasteiger partial charge is 0.0244 e. The summed E-state index contributed by atoms with van der Waals surface area (Å²) in [6, 6.07) is 1.47. The van der Waals surface area contributed by atoms with E-state index >= 15 is 0 Å². The van der Waals surface area contributed by atoms with Crippen LogP contribution in [0.4, 0.5) is 0 Å². The van der Waals surface area contributed by atoms with Crippen molar-refractivity contribution in [1.82, 2.24) is 15.1 Å². The summed E-state index contributed by atoms with van der Waals surface area (Å²) in [5, 5.41) is 3.84. The second kappa shape index (κ2) is 7.87. The van der Waals surface area contributed by atoms with Gasteiger partial charge in [0.25, 0.3) is 0 Å². The number of hydrogen-bond donors (Lipinski definition) is 1. The molecular weight excluding hydrogens is 254 g/mol. The van der Waals surface area contributed by atoms with Crippen LogP contribution < -0.4 is 5.32 Å². The molecule has 0 aliphatic carbocycles. The standard InChI is InChI=1S/C15H31N3S/c1-13(2)15(18-8-6-17(3)7-9-18)11-16-14-5-4-10-19-12-14/h13-16H,4-12H2,1-3H3. The van der Waals surface area contributed by atoms with Crippen molar-refractivity contribution < 1.29 is 0 Å². The van der Waals surface area contributed by atoms with Crippen molar-refractivity contribution in [2.24, 2.45) is 5.92 Å². The third-order valence-corrected chi connectivity index (χ3v) is 5.77. The van der Waals surface area contributed by atoms with Crippen LogP contribution in [0.1, 0.15) is 26.7 Å². The summed E-state index contributed by atoms with van der Waals surface area (Å²) < 4.78 is 0. The lowest BCUT2D eigenvalue weighted by Gasteiger charge is -2.40. The molecule has 2 saturated heterocycles. The van der Waals surface area contributed by atoms with Gasteiger partial charge in [-0.25, -0.2) is 0 Å². The van der Waals surface area contributed by atoms with Crippen LogP contribution in [0.25, 0.3) is 0 Å². The molecule has 0 amide bonds. The van der Waals surface area contributed by atoms with Gasteiger partial charge in [0.05, 0.1) is 0 Å². The Hall–Kier alpha value is 0.230. The number of thioether (sulfide) groups is 1. The number of hydrogen-bond acceptors (Lipinski definition) is 4. The van der Waals surface area contributed by atoms with Crippen molar-refractivity contribution in [3.8, 4) is 0 Å². The van der Waals surface area contributed by atoms with Crippen LogP contribution in [-0.4, -0.2) is 73.2 Å². The van der Waals surface area contributed by atoms with Crippen LogP contribution in [0.2, 0.25) is 0 Å². The van der Waals surface area contributed by atoms with Gasteiger partial charge in [-0.3, -0.25) is 4.90 Å². The van der Waals surface area contributed by atoms with Gasteiger partial charge in [-0.15, -0.1) is 0 Å². The van der Waals surface area contributed by atoms with E-state index in [0.29, 0.717) is 6.04 Å². The maximum absolute atomic E-state index is 3.84. The van der Waals surface area contributed by atoms with Crippen molar-refractivity contribution in [1.29, 1.82) is 0 Å². The quantitative estimate of drug-likeness (QED) is 0.829. The molecular formula is C15H31N3S. The van der Waals surface area contributed by atoms with E-state index in [9.17, 15) is 0 Å². The van der Waals surface area contributed by atoms with Crippen LogP contribution >= 0.6 is 11.8 Å². The molecule has 2 rings (SSSR count). The van der Waals surface area contributed by atoms with Gasteiger partial charge < -0.3 is 10.2 Å². The molecule has 2 aliphatic rings. The predicted molar refractivity (Wildman–Crippen MR) is 86.0 cm³/mol. The molecule has 19 heavy (non-hydrogen) atoms. The topological polar surface area (TPSA) is 18.5 Å². The number of rotatable bonds is 5. The SMILES string of the molecule is CC(C)C(CNC1CCCSC1)N1CCN(C)CC1. The highest BCUT2D eigenvalue weighted by Gasteiger charge is 2.25. The van der Waals surface area contributed by atoms with Gasteiger partial charge in [0.15, 0.2) is 0 Å². The first-order valence-electron chi connectivity index (χ1n) is 7.90. The second-order valence-electron chi connectivity index (χ2n) is 6.47. The summed E-state index contributed by atoms with van der Waals surface area (Å²) in [6.45, 7) is 10.8. The fourth-order valence-electron chi connectivity index (χ4n) is 3.13. The molecule has 112 valence electrons. The van der Waals surface area contributed by atoms with Crippen molar-refractivity contribution in [2.45, 2.75) is 38.8 Å². The molecule has 2 heterocycles. The van der Waals surface area contributed by atoms with Gasteiger partial charge >= 0.3 is 0 Å². The van der Waals surface area contributed by atoms with Crippen molar-refractivity contribution in [3.05, 3.63) is 0 Å². The van der Waals surface area contributed by atoms with E-state index in [1.54, 1.807) is 0 Å². The lowest BCUT2D eigenvalue weighted by molar-refractivity contribution is 0.0862. The van der Waals surface area contributed by atoms with E-state index in [-0.39, 0.29) is 0 Å². The first-order chi connectivity index (χ1) is 9.16. The molecule has 4 heteroatoms. The van der Waals surface area contributed by atoms with E-state index < -0.39 is 0 Å². The maximum Gasteiger partial charge on any atom is 0.0244 e. The monoisotopic (exact) mass is 285 g/mol. The molecule has 0 aromatic heterocycles. The minimum Gasteiger partial charge on any atom is -0.312 e. The predicted octanol–water partition coefficient (Wildman–Crippen LogP) is 1.74. The van der Waals surface area contributed by atoms with Gasteiger partial charge in [-0.1, -0.05) is 13.8 Å². The minimum absolute atomic E-state index is 0.709. The molecule has 0 saturated carbocycles. The largest absolute Gasteiger partial charge is 0.312 e. The number of nitrogens with one attached hydrogen (secondary N) is 1. The van der Waals surface area contributed by atoms with Crippen molar-refractivity contribution >= 4 is 11.8 Å². The van der Waals surface area contributed by atoms with Crippen LogP contribution in [-0.2, 0) is 0 Å². The average molecular weight is 286 g/mol. The van der Waals surface area contributed by atoms with E-state index in [1.807, 2.05) is 0 Å². The van der Waals surface area contributed by atoms with E-state index in [0.717, 1.165) is 12.0 Å². The molecule has 0 bridgehead atoms. The van der Waals surface area contributed by atoms with Crippen LogP contribution in [0.3, 0.4) is 0 Å². The Morgan fingerprint density at radius 1 is 1.21 bits per heavy atom. The summed E-state index contributed by atoms with van der Waals surface area (Å²) in [6.07, 6.45) is 2.77. The zero-order valence-corrected chi connectivity index (χ0v) is 13.7. The first kappa shape index (κ1) is 15.6. The average Bonchev–Trinajstić information content (AvgIpc) is 2.42. The number of piperazine rings is 1. The van der Waals surface area contributed by atoms with Crippen LogP contribution in [0.15, 0.2) is 0 Å². The fourth-order valence-corrected chi connectivity index (χ4v) is 4.24. The zero-order valence-electron chi connectivity index (χ0n) is 12.9. The Bertz CT molecular complexity index is 246. The lowest BCUT2D eigenvalue weighted by atomic mass is 10.0. The molecule has 0 radical (unpaired) electrons. The van der Waals surface area contributed by atoms with Crippen molar-refractivity contribution in [2.75, 3.05) is 51.3 Å². The third kappa shape index (κ3) is 4.92. The van der Waals surface area contributed by atoms with Gasteiger partial charge in [-0.05, 0) is 31.6 Å². The van der Waals surface area contributed by atoms with E-state index in [1.165, 1.54) is 57.1 Å². The zero-order chi connectivity index (χ0) is 13.7. The van der Waals surface area contributed by atoms with Gasteiger partial charge in [0.2, 0.25) is 0 Å². The van der Waals surface area contributed by atoms with Gasteiger partial charge in [-0.2, -0.15) is 11.8 Å². The molecule has 0 aromatic carbocycles. The van der Waals surface area contributed by atoms with E-state index in [2.05, 4.69) is 47.8 Å². The molecule has 3 nitrogen and oxygen atoms in total. The summed E-state index contributed by atoms with van der Waals surface area (Å²) in [5.41, 5.74) is 0. The van der Waals surface area contributed by atoms with Crippen molar-refractivity contribution in [3.63, 3.8) is 0 Å². The Balaban J connectivity index is 1.78. The minimum atomic E-state index is 0.709. The molecule has 2 unspecified atom stereocenters. The molecule has 2 atom stereocenters. The molecule has 2 aliphatic heterocycles. The van der Waals surface area contributed by atoms with Gasteiger partial charge in [0, 0.05) is 50.6 Å². The Morgan fingerprint density at radius 2 is 1.95 bits per heavy atom. The highest BCUT2D eigenvalue weighted by Crippen LogP contribution is 2.18. The summed E-state index contributed by atoms with van der Waals surface area (Å²) in [5.74, 6) is 3.42. The third-order valence-electron chi connectivity index (χ3n) is 4.55. The maximum atomic E-state index is 3.84. The highest BCUT2D eigenvalue weighted by atomic mass is 32.2. The lowest BCUT2D eigenvalue weighted by Crippen LogP contribution is -2.54. The Labute approximate surface area is 123 Å². The van der Waals surface area contributed by atoms with Gasteiger partial charge in [0.1, 0.15) is 0 Å². The second-order valence-corrected chi connectivity index (χ2v) is 7.62. The normalized spacial score (nSPS) is 28.7. The van der Waals surface area contributed by atoms with E-state index in [4.69, 9.17) is 0 Å². The summed E-state index contributed by atoms with van der Waals surface area (Å²) in [7, 11) is 2.24. The summed E-state index contributed by atoms with van der Waals surface area (Å²) >= 11 is 2.12. The van der Waals surface area contributed by atoms with Crippen LogP contribution in [0, 0.1) is 5.92 Å². The number of nitrogens with zero attached hydrogens (tertiary/aromatic N) is 2. The van der Waals surface area contributed by atoms with Crippen LogP contribution in [0.5, 0.6) is 0 Å². The molecule has 1 N–H and O–H groups in total. The highest BCUT2D eigenvalue weighted by molar-refractivity contribution is 7.99. The fraction of sp³-hybridized carbons (Fsp3) is 1.00. The Morgan fingerprint density at radius 3 is 2.53 bits per heavy atom. The summed E-state index contributed by atoms with van der Waals surface area (Å²) in [4.78, 5) is 5.15. The first-order valence-corrected chi connectivity index (χ1v) is 9.06. The molecule has 2 fully saturated rings. The molecule has 0 aromatic rings.